The number of ether oxygens (including phenoxy) is 1. The third-order valence-electron chi connectivity index (χ3n) is 5.52. The Bertz CT molecular complexity index is 910. The number of nitrogens with zero attached hydrogens (tertiary/aromatic N) is 2. The van der Waals surface area contributed by atoms with Gasteiger partial charge in [0.05, 0.1) is 18.3 Å². The number of benzene rings is 1. The van der Waals surface area contributed by atoms with Crippen LogP contribution in [0.15, 0.2) is 24.3 Å². The number of hydrogen-bond donors (Lipinski definition) is 2. The van der Waals surface area contributed by atoms with Crippen molar-refractivity contribution in [2.75, 3.05) is 13.2 Å². The molecule has 1 spiro atoms. The summed E-state index contributed by atoms with van der Waals surface area (Å²) in [7, 11) is 0. The first-order valence-electron chi connectivity index (χ1n) is 9.81. The second kappa shape index (κ2) is 8.63. The Balaban J connectivity index is 0.00000240. The second-order valence-electron chi connectivity index (χ2n) is 7.62. The highest BCUT2D eigenvalue weighted by Gasteiger charge is 2.43. The molecule has 6 nitrogen and oxygen atoms in total. The van der Waals surface area contributed by atoms with Crippen LogP contribution in [0.2, 0.25) is 0 Å². The van der Waals surface area contributed by atoms with Gasteiger partial charge in [-0.2, -0.15) is 0 Å². The normalized spacial score (nSPS) is 23.6. The van der Waals surface area contributed by atoms with E-state index in [2.05, 4.69) is 20.6 Å². The molecule has 1 aromatic heterocycles. The average Bonchev–Trinajstić information content (AvgIpc) is 3.06. The Labute approximate surface area is 176 Å². The van der Waals surface area contributed by atoms with E-state index in [-0.39, 0.29) is 35.7 Å². The summed E-state index contributed by atoms with van der Waals surface area (Å²) < 4.78 is 20.0. The summed E-state index contributed by atoms with van der Waals surface area (Å²) in [6.45, 7) is 4.98. The van der Waals surface area contributed by atoms with Crippen LogP contribution in [0.3, 0.4) is 0 Å². The zero-order valence-electron chi connectivity index (χ0n) is 16.6. The quantitative estimate of drug-likeness (QED) is 0.791. The highest BCUT2D eigenvalue weighted by molar-refractivity contribution is 5.85. The molecule has 0 unspecified atom stereocenters. The van der Waals surface area contributed by atoms with Gasteiger partial charge >= 0.3 is 0 Å². The molecule has 29 heavy (non-hydrogen) atoms. The molecule has 8 heteroatoms. The number of aromatic nitrogens is 2. The fourth-order valence-corrected chi connectivity index (χ4v) is 4.21. The van der Waals surface area contributed by atoms with Crippen molar-refractivity contribution in [3.8, 4) is 17.0 Å². The molecule has 2 N–H and O–H groups in total. The standard InChI is InChI=1S/C21H25FN4O2.ClH/c1-3-28-14-4-5-16(22)15(11-14)18-10-13(2)24-20(25-18)17-6-7-21(26-17)8-9-23-19(27)12-21;/h4-5,10-11,17,26H,3,6-9,12H2,1-2H3,(H,23,27);1H/t17-,21-;/m0./s1. The molecular weight excluding hydrogens is 395 g/mol. The van der Waals surface area contributed by atoms with E-state index in [9.17, 15) is 9.18 Å². The summed E-state index contributed by atoms with van der Waals surface area (Å²) in [6, 6.07) is 6.45. The van der Waals surface area contributed by atoms with Crippen molar-refractivity contribution in [1.29, 1.82) is 0 Å². The molecule has 0 radical (unpaired) electrons. The van der Waals surface area contributed by atoms with Gasteiger partial charge in [0.15, 0.2) is 0 Å². The number of nitrogens with one attached hydrogen (secondary N) is 2. The Morgan fingerprint density at radius 2 is 2.10 bits per heavy atom. The first-order valence-corrected chi connectivity index (χ1v) is 9.81. The molecule has 4 rings (SSSR count). The number of carbonyl (C=O) groups excluding carboxylic acids is 1. The van der Waals surface area contributed by atoms with E-state index in [4.69, 9.17) is 4.74 Å². The molecule has 2 aromatic rings. The summed E-state index contributed by atoms with van der Waals surface area (Å²) in [5.41, 5.74) is 1.55. The molecule has 2 fully saturated rings. The van der Waals surface area contributed by atoms with Gasteiger partial charge in [-0.3, -0.25) is 4.79 Å². The Kier molecular flexibility index (Phi) is 6.39. The summed E-state index contributed by atoms with van der Waals surface area (Å²) in [5, 5.41) is 6.49. The van der Waals surface area contributed by atoms with Crippen LogP contribution in [-0.2, 0) is 4.79 Å². The maximum Gasteiger partial charge on any atom is 0.221 e. The van der Waals surface area contributed by atoms with Crippen LogP contribution in [0.4, 0.5) is 4.39 Å². The predicted octanol–water partition coefficient (Wildman–Crippen LogP) is 3.48. The monoisotopic (exact) mass is 420 g/mol. The van der Waals surface area contributed by atoms with Gasteiger partial charge in [0.2, 0.25) is 5.91 Å². The van der Waals surface area contributed by atoms with Crippen LogP contribution >= 0.6 is 12.4 Å². The van der Waals surface area contributed by atoms with Crippen molar-refractivity contribution < 1.29 is 13.9 Å². The van der Waals surface area contributed by atoms with Crippen LogP contribution in [0.1, 0.15) is 50.2 Å². The number of hydrogen-bond acceptors (Lipinski definition) is 5. The van der Waals surface area contributed by atoms with E-state index in [1.54, 1.807) is 18.2 Å². The highest BCUT2D eigenvalue weighted by Crippen LogP contribution is 2.38. The molecule has 0 bridgehead atoms. The summed E-state index contributed by atoms with van der Waals surface area (Å²) >= 11 is 0. The zero-order valence-corrected chi connectivity index (χ0v) is 17.4. The fraction of sp³-hybridized carbons (Fsp3) is 0.476. The summed E-state index contributed by atoms with van der Waals surface area (Å²) in [6.07, 6.45) is 3.15. The minimum Gasteiger partial charge on any atom is -0.494 e. The summed E-state index contributed by atoms with van der Waals surface area (Å²) in [4.78, 5) is 21.1. The van der Waals surface area contributed by atoms with Crippen molar-refractivity contribution in [3.05, 3.63) is 41.6 Å². The number of rotatable bonds is 4. The Morgan fingerprint density at radius 3 is 2.86 bits per heavy atom. The lowest BCUT2D eigenvalue weighted by Gasteiger charge is -2.34. The molecule has 156 valence electrons. The third-order valence-corrected chi connectivity index (χ3v) is 5.52. The second-order valence-corrected chi connectivity index (χ2v) is 7.62. The van der Waals surface area contributed by atoms with Crippen LogP contribution in [-0.4, -0.2) is 34.6 Å². The fourth-order valence-electron chi connectivity index (χ4n) is 4.21. The molecule has 2 aliphatic rings. The van der Waals surface area contributed by atoms with Crippen LogP contribution in [0.5, 0.6) is 5.75 Å². The SMILES string of the molecule is CCOc1ccc(F)c(-c2cc(C)nc([C@@H]3CC[C@@]4(CCNC(=O)C4)N3)n2)c1.Cl. The number of amides is 1. The smallest absolute Gasteiger partial charge is 0.221 e. The molecule has 1 amide bonds. The topological polar surface area (TPSA) is 76.1 Å². The number of halogens is 2. The van der Waals surface area contributed by atoms with Gasteiger partial charge in [-0.05, 0) is 57.4 Å². The molecule has 3 heterocycles. The van der Waals surface area contributed by atoms with E-state index in [0.717, 1.165) is 25.0 Å². The minimum atomic E-state index is -0.340. The van der Waals surface area contributed by atoms with E-state index < -0.39 is 0 Å². The molecule has 0 aliphatic carbocycles. The van der Waals surface area contributed by atoms with Crippen LogP contribution < -0.4 is 15.4 Å². The van der Waals surface area contributed by atoms with Crippen LogP contribution in [0.25, 0.3) is 11.3 Å². The van der Waals surface area contributed by atoms with Gasteiger partial charge < -0.3 is 15.4 Å². The van der Waals surface area contributed by atoms with Crippen molar-refractivity contribution in [2.24, 2.45) is 0 Å². The summed E-state index contributed by atoms with van der Waals surface area (Å²) in [5.74, 6) is 1.01. The molecule has 2 aliphatic heterocycles. The first-order chi connectivity index (χ1) is 13.5. The predicted molar refractivity (Wildman–Crippen MR) is 111 cm³/mol. The zero-order chi connectivity index (χ0) is 19.7. The van der Waals surface area contributed by atoms with Gasteiger partial charge in [-0.25, -0.2) is 14.4 Å². The lowest BCUT2D eigenvalue weighted by Crippen LogP contribution is -2.51. The number of aryl methyl sites for hydroxylation is 1. The van der Waals surface area contributed by atoms with Crippen molar-refractivity contribution in [2.45, 2.75) is 51.1 Å². The molecule has 2 atom stereocenters. The van der Waals surface area contributed by atoms with Gasteiger partial charge in [0, 0.05) is 29.8 Å². The highest BCUT2D eigenvalue weighted by atomic mass is 35.5. The Hall–Kier alpha value is -2.25. The minimum absolute atomic E-state index is 0. The van der Waals surface area contributed by atoms with Gasteiger partial charge in [0.25, 0.3) is 0 Å². The van der Waals surface area contributed by atoms with Crippen molar-refractivity contribution in [1.82, 2.24) is 20.6 Å². The van der Waals surface area contributed by atoms with E-state index in [0.29, 0.717) is 42.4 Å². The lowest BCUT2D eigenvalue weighted by atomic mass is 9.87. The van der Waals surface area contributed by atoms with Crippen molar-refractivity contribution in [3.63, 3.8) is 0 Å². The van der Waals surface area contributed by atoms with E-state index in [1.165, 1.54) is 6.07 Å². The van der Waals surface area contributed by atoms with Gasteiger partial charge in [-0.1, -0.05) is 0 Å². The molecule has 0 saturated carbocycles. The molecule has 2 saturated heterocycles. The number of piperidine rings is 1. The van der Waals surface area contributed by atoms with Crippen LogP contribution in [0, 0.1) is 12.7 Å². The lowest BCUT2D eigenvalue weighted by molar-refractivity contribution is -0.124. The van der Waals surface area contributed by atoms with E-state index in [1.807, 2.05) is 13.8 Å². The average molecular weight is 421 g/mol. The first kappa shape index (κ1) is 21.5. The molecular formula is C21H26ClFN4O2. The maximum absolute atomic E-state index is 14.5. The Morgan fingerprint density at radius 1 is 1.28 bits per heavy atom. The number of carbonyl (C=O) groups is 1. The van der Waals surface area contributed by atoms with Crippen molar-refractivity contribution >= 4 is 18.3 Å². The largest absolute Gasteiger partial charge is 0.494 e. The van der Waals surface area contributed by atoms with Gasteiger partial charge in [-0.15, -0.1) is 12.4 Å². The van der Waals surface area contributed by atoms with Gasteiger partial charge in [0.1, 0.15) is 17.4 Å². The maximum atomic E-state index is 14.5. The van der Waals surface area contributed by atoms with E-state index >= 15 is 0 Å². The third kappa shape index (κ3) is 4.51. The molecule has 1 aromatic carbocycles.